The fourth-order valence-electron chi connectivity index (χ4n) is 3.33. The Kier molecular flexibility index (Phi) is 6.37. The van der Waals surface area contributed by atoms with Gasteiger partial charge >= 0.3 is 5.97 Å². The first-order valence-corrected chi connectivity index (χ1v) is 8.73. The molecule has 3 nitrogen and oxygen atoms in total. The molecule has 1 fully saturated rings. The van der Waals surface area contributed by atoms with Gasteiger partial charge in [-0.1, -0.05) is 57.5 Å². The number of ether oxygens (including phenoxy) is 1. The summed E-state index contributed by atoms with van der Waals surface area (Å²) in [6.45, 7) is 8.96. The summed E-state index contributed by atoms with van der Waals surface area (Å²) in [4.78, 5) is 16.7. The molecular weight excluding hydrogens is 286 g/mol. The van der Waals surface area contributed by atoms with Gasteiger partial charge in [0.15, 0.2) is 0 Å². The van der Waals surface area contributed by atoms with E-state index in [9.17, 15) is 4.79 Å². The Balaban J connectivity index is 1.96. The summed E-state index contributed by atoms with van der Waals surface area (Å²) in [5.41, 5.74) is 1.57. The molecule has 1 saturated carbocycles. The Bertz CT molecular complexity index is 536. The number of carbonyl (C=O) groups excluding carboxylic acids is 1. The standard InChI is InChI=1S/C20H29NO2/c1-14(2)18-11-10-15(3)12-19(18)23-20(22)16(4)21-13-17-8-6-5-7-9-17/h5-9,14-15,18-19H,10-13H2,1-4H3/t15-,18+,19-/m1/s1. The molecule has 3 heteroatoms. The van der Waals surface area contributed by atoms with Crippen molar-refractivity contribution in [2.45, 2.75) is 59.6 Å². The number of aliphatic imine (C=N–C) groups is 1. The van der Waals surface area contributed by atoms with Gasteiger partial charge in [0.25, 0.3) is 0 Å². The van der Waals surface area contributed by atoms with Crippen molar-refractivity contribution in [1.29, 1.82) is 0 Å². The normalized spacial score (nSPS) is 25.4. The molecule has 126 valence electrons. The molecule has 0 spiro atoms. The van der Waals surface area contributed by atoms with Crippen molar-refractivity contribution < 1.29 is 9.53 Å². The van der Waals surface area contributed by atoms with Crippen molar-refractivity contribution in [2.24, 2.45) is 22.7 Å². The highest BCUT2D eigenvalue weighted by molar-refractivity contribution is 6.35. The molecule has 0 heterocycles. The van der Waals surface area contributed by atoms with Gasteiger partial charge in [-0.3, -0.25) is 4.99 Å². The lowest BCUT2D eigenvalue weighted by Crippen LogP contribution is -2.37. The van der Waals surface area contributed by atoms with Crippen LogP contribution in [0.4, 0.5) is 0 Å². The lowest BCUT2D eigenvalue weighted by molar-refractivity contribution is -0.147. The van der Waals surface area contributed by atoms with Crippen LogP contribution in [-0.2, 0) is 16.1 Å². The molecule has 0 saturated heterocycles. The minimum Gasteiger partial charge on any atom is -0.458 e. The van der Waals surface area contributed by atoms with Gasteiger partial charge in [-0.15, -0.1) is 0 Å². The molecule has 3 atom stereocenters. The van der Waals surface area contributed by atoms with E-state index < -0.39 is 0 Å². The molecule has 1 aromatic carbocycles. The predicted molar refractivity (Wildman–Crippen MR) is 94.5 cm³/mol. The maximum absolute atomic E-state index is 12.4. The van der Waals surface area contributed by atoms with E-state index in [1.54, 1.807) is 6.92 Å². The van der Waals surface area contributed by atoms with Crippen LogP contribution in [0.15, 0.2) is 35.3 Å². The van der Waals surface area contributed by atoms with E-state index in [4.69, 9.17) is 4.74 Å². The van der Waals surface area contributed by atoms with E-state index in [-0.39, 0.29) is 12.1 Å². The van der Waals surface area contributed by atoms with E-state index in [0.717, 1.165) is 18.4 Å². The summed E-state index contributed by atoms with van der Waals surface area (Å²) in [6, 6.07) is 9.97. The zero-order chi connectivity index (χ0) is 16.8. The summed E-state index contributed by atoms with van der Waals surface area (Å²) in [5.74, 6) is 1.38. The molecule has 0 aliphatic heterocycles. The van der Waals surface area contributed by atoms with Gasteiger partial charge in [0.1, 0.15) is 11.8 Å². The third kappa shape index (κ3) is 5.19. The van der Waals surface area contributed by atoms with Crippen LogP contribution in [0.1, 0.15) is 52.5 Å². The van der Waals surface area contributed by atoms with Crippen LogP contribution >= 0.6 is 0 Å². The second-order valence-electron chi connectivity index (χ2n) is 7.16. The highest BCUT2D eigenvalue weighted by Gasteiger charge is 2.33. The van der Waals surface area contributed by atoms with Crippen molar-refractivity contribution in [2.75, 3.05) is 0 Å². The zero-order valence-electron chi connectivity index (χ0n) is 14.8. The van der Waals surface area contributed by atoms with Crippen molar-refractivity contribution in [3.05, 3.63) is 35.9 Å². The van der Waals surface area contributed by atoms with Crippen LogP contribution in [0, 0.1) is 17.8 Å². The number of rotatable bonds is 5. The number of hydrogen-bond acceptors (Lipinski definition) is 3. The van der Waals surface area contributed by atoms with Crippen molar-refractivity contribution >= 4 is 11.7 Å². The third-order valence-corrected chi connectivity index (χ3v) is 4.86. The topological polar surface area (TPSA) is 38.7 Å². The molecule has 0 radical (unpaired) electrons. The maximum Gasteiger partial charge on any atom is 0.352 e. The monoisotopic (exact) mass is 315 g/mol. The zero-order valence-corrected chi connectivity index (χ0v) is 14.8. The Hall–Kier alpha value is -1.64. The number of benzene rings is 1. The molecule has 1 aliphatic carbocycles. The van der Waals surface area contributed by atoms with Crippen molar-refractivity contribution in [3.8, 4) is 0 Å². The largest absolute Gasteiger partial charge is 0.458 e. The quantitative estimate of drug-likeness (QED) is 0.586. The minimum absolute atomic E-state index is 0.0353. The average Bonchev–Trinajstić information content (AvgIpc) is 2.53. The molecule has 23 heavy (non-hydrogen) atoms. The van der Waals surface area contributed by atoms with Crippen LogP contribution in [-0.4, -0.2) is 17.8 Å². The van der Waals surface area contributed by atoms with Crippen LogP contribution in [0.25, 0.3) is 0 Å². The predicted octanol–water partition coefficient (Wildman–Crippen LogP) is 4.65. The number of nitrogens with zero attached hydrogens (tertiary/aromatic N) is 1. The van der Waals surface area contributed by atoms with Gasteiger partial charge in [0.2, 0.25) is 0 Å². The molecule has 0 aromatic heterocycles. The number of hydrogen-bond donors (Lipinski definition) is 0. The first kappa shape index (κ1) is 17.7. The van der Waals surface area contributed by atoms with Crippen LogP contribution < -0.4 is 0 Å². The fraction of sp³-hybridized carbons (Fsp3) is 0.600. The van der Waals surface area contributed by atoms with E-state index >= 15 is 0 Å². The van der Waals surface area contributed by atoms with E-state index in [2.05, 4.69) is 25.8 Å². The van der Waals surface area contributed by atoms with Gasteiger partial charge in [-0.25, -0.2) is 4.79 Å². The van der Waals surface area contributed by atoms with Gasteiger partial charge in [0.05, 0.1) is 6.54 Å². The molecule has 1 aromatic rings. The molecule has 0 amide bonds. The lowest BCUT2D eigenvalue weighted by Gasteiger charge is -2.36. The van der Waals surface area contributed by atoms with Gasteiger partial charge < -0.3 is 4.74 Å². The first-order valence-electron chi connectivity index (χ1n) is 8.73. The number of esters is 1. The second kappa shape index (κ2) is 8.28. The van der Waals surface area contributed by atoms with Crippen molar-refractivity contribution in [1.82, 2.24) is 0 Å². The maximum atomic E-state index is 12.4. The SMILES string of the molecule is CC(=NCc1ccccc1)C(=O)O[C@@H]1C[C@H](C)CC[C@H]1C(C)C. The van der Waals surface area contributed by atoms with Crippen molar-refractivity contribution in [3.63, 3.8) is 0 Å². The fourth-order valence-corrected chi connectivity index (χ4v) is 3.33. The third-order valence-electron chi connectivity index (χ3n) is 4.86. The van der Waals surface area contributed by atoms with E-state index in [0.29, 0.717) is 30.0 Å². The highest BCUT2D eigenvalue weighted by atomic mass is 16.5. The smallest absolute Gasteiger partial charge is 0.352 e. The number of carbonyl (C=O) groups is 1. The summed E-state index contributed by atoms with van der Waals surface area (Å²) >= 11 is 0. The Morgan fingerprint density at radius 2 is 1.96 bits per heavy atom. The highest BCUT2D eigenvalue weighted by Crippen LogP contribution is 2.35. The lowest BCUT2D eigenvalue weighted by atomic mass is 9.75. The second-order valence-corrected chi connectivity index (χ2v) is 7.16. The Labute approximate surface area is 140 Å². The van der Waals surface area contributed by atoms with Gasteiger partial charge in [-0.2, -0.15) is 0 Å². The molecule has 0 unspecified atom stereocenters. The van der Waals surface area contributed by atoms with Gasteiger partial charge in [-0.05, 0) is 43.1 Å². The molecular formula is C20H29NO2. The van der Waals surface area contributed by atoms with E-state index in [1.807, 2.05) is 30.3 Å². The van der Waals surface area contributed by atoms with E-state index in [1.165, 1.54) is 6.42 Å². The minimum atomic E-state index is -0.259. The summed E-state index contributed by atoms with van der Waals surface area (Å²) < 4.78 is 5.82. The summed E-state index contributed by atoms with van der Waals surface area (Å²) in [7, 11) is 0. The van der Waals surface area contributed by atoms with Crippen LogP contribution in [0.3, 0.4) is 0 Å². The van der Waals surface area contributed by atoms with Crippen LogP contribution in [0.2, 0.25) is 0 Å². The average molecular weight is 315 g/mol. The first-order chi connectivity index (χ1) is 11.0. The Morgan fingerprint density at radius 3 is 2.61 bits per heavy atom. The van der Waals surface area contributed by atoms with Gasteiger partial charge in [0, 0.05) is 0 Å². The van der Waals surface area contributed by atoms with Crippen LogP contribution in [0.5, 0.6) is 0 Å². The molecule has 0 N–H and O–H groups in total. The summed E-state index contributed by atoms with van der Waals surface area (Å²) in [5, 5.41) is 0. The Morgan fingerprint density at radius 1 is 1.26 bits per heavy atom. The summed E-state index contributed by atoms with van der Waals surface area (Å²) in [6.07, 6.45) is 3.39. The molecule has 2 rings (SSSR count). The molecule has 0 bridgehead atoms. The molecule has 1 aliphatic rings.